The zero-order chi connectivity index (χ0) is 18.5. The number of anilines is 1. The number of rotatable bonds is 2. The molecule has 1 unspecified atom stereocenters. The number of aryl methyl sites for hydroxylation is 1. The number of fused-ring (bicyclic) bond motifs is 2. The Morgan fingerprint density at radius 2 is 2.08 bits per heavy atom. The first kappa shape index (κ1) is 17.4. The van der Waals surface area contributed by atoms with E-state index in [1.54, 1.807) is 15.9 Å². The summed E-state index contributed by atoms with van der Waals surface area (Å²) in [5.74, 6) is 0.580. The van der Waals surface area contributed by atoms with Crippen molar-refractivity contribution in [3.8, 4) is 0 Å². The molecule has 2 aliphatic rings. The van der Waals surface area contributed by atoms with Gasteiger partial charge in [0, 0.05) is 29.8 Å². The molecule has 4 nitrogen and oxygen atoms in total. The predicted molar refractivity (Wildman–Crippen MR) is 105 cm³/mol. The maximum Gasteiger partial charge on any atom is 0.268 e. The molecule has 0 N–H and O–H groups in total. The zero-order valence-corrected chi connectivity index (χ0v) is 16.2. The maximum atomic E-state index is 13.6. The summed E-state index contributed by atoms with van der Waals surface area (Å²) >= 11 is 7.77. The molecule has 26 heavy (non-hydrogen) atoms. The number of nitrogens with zero attached hydrogens (tertiary/aromatic N) is 2. The lowest BCUT2D eigenvalue weighted by Gasteiger charge is -2.32. The van der Waals surface area contributed by atoms with Crippen molar-refractivity contribution in [1.82, 2.24) is 4.90 Å². The van der Waals surface area contributed by atoms with Crippen LogP contribution >= 0.6 is 23.4 Å². The van der Waals surface area contributed by atoms with Crippen molar-refractivity contribution in [1.29, 1.82) is 0 Å². The molecule has 2 amide bonds. The molecule has 2 aromatic rings. The number of benzene rings is 2. The second-order valence-corrected chi connectivity index (χ2v) is 8.43. The lowest BCUT2D eigenvalue weighted by atomic mass is 10.1. The van der Waals surface area contributed by atoms with Crippen LogP contribution in [0.15, 0.2) is 42.5 Å². The number of hydrogen-bond donors (Lipinski definition) is 0. The van der Waals surface area contributed by atoms with E-state index in [-0.39, 0.29) is 11.8 Å². The Balaban J connectivity index is 1.83. The Labute approximate surface area is 162 Å². The first-order valence-corrected chi connectivity index (χ1v) is 9.89. The predicted octanol–water partition coefficient (Wildman–Crippen LogP) is 3.94. The maximum absolute atomic E-state index is 13.6. The van der Waals surface area contributed by atoms with Crippen LogP contribution in [-0.2, 0) is 21.0 Å². The monoisotopic (exact) mass is 386 g/mol. The Morgan fingerprint density at radius 3 is 2.81 bits per heavy atom. The van der Waals surface area contributed by atoms with Crippen LogP contribution in [0.25, 0.3) is 0 Å². The third-order valence-electron chi connectivity index (χ3n) is 4.96. The quantitative estimate of drug-likeness (QED) is 0.784. The van der Waals surface area contributed by atoms with Gasteiger partial charge in [0.25, 0.3) is 5.91 Å². The molecular formula is C20H19ClN2O2S. The van der Waals surface area contributed by atoms with Gasteiger partial charge in [-0.05, 0) is 30.7 Å². The van der Waals surface area contributed by atoms with Gasteiger partial charge in [-0.15, -0.1) is 11.8 Å². The van der Waals surface area contributed by atoms with Crippen LogP contribution in [0.2, 0.25) is 5.02 Å². The molecule has 0 aliphatic carbocycles. The number of thioether (sulfide) groups is 1. The van der Waals surface area contributed by atoms with Gasteiger partial charge in [0.1, 0.15) is 0 Å². The topological polar surface area (TPSA) is 40.6 Å². The zero-order valence-electron chi connectivity index (χ0n) is 14.7. The summed E-state index contributed by atoms with van der Waals surface area (Å²) in [6, 6.07) is 13.7. The third kappa shape index (κ3) is 2.53. The van der Waals surface area contributed by atoms with E-state index in [2.05, 4.69) is 6.07 Å². The lowest BCUT2D eigenvalue weighted by molar-refractivity contribution is -0.138. The van der Waals surface area contributed by atoms with Crippen molar-refractivity contribution in [2.45, 2.75) is 25.3 Å². The van der Waals surface area contributed by atoms with Gasteiger partial charge >= 0.3 is 0 Å². The van der Waals surface area contributed by atoms with Crippen molar-refractivity contribution < 1.29 is 9.59 Å². The van der Waals surface area contributed by atoms with Gasteiger partial charge in [-0.2, -0.15) is 0 Å². The fraction of sp³-hybridized carbons (Fsp3) is 0.300. The Bertz CT molecular complexity index is 916. The Kier molecular flexibility index (Phi) is 4.24. The lowest BCUT2D eigenvalue weighted by Crippen LogP contribution is -2.49. The smallest absolute Gasteiger partial charge is 0.268 e. The highest BCUT2D eigenvalue weighted by atomic mass is 35.5. The van der Waals surface area contributed by atoms with E-state index in [0.29, 0.717) is 18.1 Å². The molecule has 1 saturated heterocycles. The SMILES string of the molecule is CC(=O)N1CCSC12C(=O)N(Cc1cccc(C)c1)c1ccc(Cl)cc12. The van der Waals surface area contributed by atoms with Crippen molar-refractivity contribution in [3.63, 3.8) is 0 Å². The molecule has 2 aliphatic heterocycles. The molecule has 6 heteroatoms. The van der Waals surface area contributed by atoms with E-state index in [0.717, 1.165) is 28.1 Å². The van der Waals surface area contributed by atoms with Gasteiger partial charge in [0.15, 0.2) is 4.87 Å². The summed E-state index contributed by atoms with van der Waals surface area (Å²) in [5, 5.41) is 0.573. The molecule has 2 aromatic carbocycles. The molecule has 0 aromatic heterocycles. The molecule has 1 fully saturated rings. The van der Waals surface area contributed by atoms with E-state index in [1.165, 1.54) is 18.7 Å². The van der Waals surface area contributed by atoms with Crippen LogP contribution in [-0.4, -0.2) is 29.0 Å². The Hall–Kier alpha value is -1.98. The molecular weight excluding hydrogens is 368 g/mol. The average molecular weight is 387 g/mol. The second-order valence-electron chi connectivity index (χ2n) is 6.70. The molecule has 134 valence electrons. The van der Waals surface area contributed by atoms with Crippen LogP contribution in [0, 0.1) is 6.92 Å². The van der Waals surface area contributed by atoms with E-state index >= 15 is 0 Å². The number of carbonyl (C=O) groups excluding carboxylic acids is 2. The minimum Gasteiger partial charge on any atom is -0.315 e. The summed E-state index contributed by atoms with van der Waals surface area (Å²) in [6.07, 6.45) is 0. The van der Waals surface area contributed by atoms with Gasteiger partial charge in [-0.25, -0.2) is 0 Å². The molecule has 0 bridgehead atoms. The highest BCUT2D eigenvalue weighted by Crippen LogP contribution is 2.54. The molecule has 4 rings (SSSR count). The van der Waals surface area contributed by atoms with Crippen LogP contribution in [0.5, 0.6) is 0 Å². The summed E-state index contributed by atoms with van der Waals surface area (Å²) in [4.78, 5) is 28.3. The van der Waals surface area contributed by atoms with E-state index < -0.39 is 4.87 Å². The van der Waals surface area contributed by atoms with Gasteiger partial charge < -0.3 is 9.80 Å². The van der Waals surface area contributed by atoms with Crippen LogP contribution in [0.3, 0.4) is 0 Å². The largest absolute Gasteiger partial charge is 0.315 e. The fourth-order valence-corrected chi connectivity index (χ4v) is 5.54. The minimum atomic E-state index is -0.990. The molecule has 2 heterocycles. The van der Waals surface area contributed by atoms with Crippen LogP contribution < -0.4 is 4.90 Å². The van der Waals surface area contributed by atoms with Crippen molar-refractivity contribution >= 4 is 40.9 Å². The van der Waals surface area contributed by atoms with Crippen molar-refractivity contribution in [3.05, 3.63) is 64.2 Å². The van der Waals surface area contributed by atoms with E-state index in [9.17, 15) is 9.59 Å². The molecule has 1 spiro atoms. The number of hydrogen-bond acceptors (Lipinski definition) is 3. The first-order valence-electron chi connectivity index (χ1n) is 8.53. The summed E-state index contributed by atoms with van der Waals surface area (Å²) in [7, 11) is 0. The minimum absolute atomic E-state index is 0.0611. The standard InChI is InChI=1S/C20H19ClN2O2S/c1-13-4-3-5-15(10-13)12-22-18-7-6-16(21)11-17(18)20(19(22)25)23(14(2)24)8-9-26-20/h3-7,10-11H,8-9,12H2,1-2H3. The highest BCUT2D eigenvalue weighted by Gasteiger charge is 2.58. The van der Waals surface area contributed by atoms with Gasteiger partial charge in [-0.3, -0.25) is 9.59 Å². The summed E-state index contributed by atoms with van der Waals surface area (Å²) < 4.78 is 0. The first-order chi connectivity index (χ1) is 12.4. The number of halogens is 1. The van der Waals surface area contributed by atoms with Gasteiger partial charge in [0.2, 0.25) is 5.91 Å². The van der Waals surface area contributed by atoms with E-state index in [4.69, 9.17) is 11.6 Å². The molecule has 1 atom stereocenters. The number of carbonyl (C=O) groups is 2. The molecule has 0 saturated carbocycles. The fourth-order valence-electron chi connectivity index (χ4n) is 3.87. The summed E-state index contributed by atoms with van der Waals surface area (Å²) in [5.41, 5.74) is 3.87. The average Bonchev–Trinajstić information content (AvgIpc) is 3.13. The Morgan fingerprint density at radius 1 is 1.27 bits per heavy atom. The normalized spacial score (nSPS) is 21.6. The second kappa shape index (κ2) is 6.32. The van der Waals surface area contributed by atoms with E-state index in [1.807, 2.05) is 37.3 Å². The van der Waals surface area contributed by atoms with Crippen molar-refractivity contribution in [2.75, 3.05) is 17.2 Å². The van der Waals surface area contributed by atoms with Crippen LogP contribution in [0.4, 0.5) is 5.69 Å². The number of amides is 2. The highest BCUT2D eigenvalue weighted by molar-refractivity contribution is 8.01. The summed E-state index contributed by atoms with van der Waals surface area (Å²) in [6.45, 7) is 4.60. The molecule has 0 radical (unpaired) electrons. The van der Waals surface area contributed by atoms with Gasteiger partial charge in [-0.1, -0.05) is 41.4 Å². The van der Waals surface area contributed by atoms with Crippen molar-refractivity contribution in [2.24, 2.45) is 0 Å². The van der Waals surface area contributed by atoms with Crippen LogP contribution in [0.1, 0.15) is 23.6 Å². The van der Waals surface area contributed by atoms with Gasteiger partial charge in [0.05, 0.1) is 12.2 Å². The third-order valence-corrected chi connectivity index (χ3v) is 6.61.